The molecule has 0 N–H and O–H groups in total. The van der Waals surface area contributed by atoms with Crippen LogP contribution in [0.5, 0.6) is 0 Å². The number of carbonyl (C=O) groups is 2. The number of rotatable bonds is 6. The van der Waals surface area contributed by atoms with Crippen LogP contribution in [0.4, 0.5) is 0 Å². The Morgan fingerprint density at radius 1 is 0.429 bits per heavy atom. The van der Waals surface area contributed by atoms with Gasteiger partial charge in [-0.2, -0.15) is 0 Å². The van der Waals surface area contributed by atoms with Crippen molar-refractivity contribution < 1.29 is 36.1 Å². The zero-order valence-electron chi connectivity index (χ0n) is 22.2. The summed E-state index contributed by atoms with van der Waals surface area (Å²) in [7, 11) is 3.22. The summed E-state index contributed by atoms with van der Waals surface area (Å²) in [5.41, 5.74) is 1.22. The molecular formula is C32H20N2O8. The van der Waals surface area contributed by atoms with Crippen LogP contribution in [0.25, 0.3) is 57.5 Å². The van der Waals surface area contributed by atoms with Gasteiger partial charge in [-0.25, -0.2) is 0 Å². The molecule has 0 aromatic carbocycles. The molecule has 0 spiro atoms. The summed E-state index contributed by atoms with van der Waals surface area (Å²) in [5.74, 6) is 4.13. The molecule has 2 aliphatic rings. The van der Waals surface area contributed by atoms with Gasteiger partial charge in [-0.05, 0) is 72.8 Å². The predicted octanol–water partition coefficient (Wildman–Crippen LogP) is 6.98. The Hall–Kier alpha value is -5.90. The lowest BCUT2D eigenvalue weighted by atomic mass is 10.1. The summed E-state index contributed by atoms with van der Waals surface area (Å²) in [6.07, 6.45) is 3.13. The molecule has 8 rings (SSSR count). The molecule has 8 heterocycles. The molecule has 0 aliphatic carbocycles. The summed E-state index contributed by atoms with van der Waals surface area (Å²) in [4.78, 5) is 30.0. The van der Waals surface area contributed by atoms with Crippen molar-refractivity contribution in [3.05, 3.63) is 108 Å². The molecule has 6 aromatic heterocycles. The molecule has 0 fully saturated rings. The summed E-state index contributed by atoms with van der Waals surface area (Å²) in [6.45, 7) is 0. The minimum atomic E-state index is -0.347. The molecule has 6 aromatic rings. The van der Waals surface area contributed by atoms with Gasteiger partial charge in [0.15, 0.2) is 57.6 Å². The van der Waals surface area contributed by atoms with Crippen molar-refractivity contribution in [2.75, 3.05) is 14.1 Å². The lowest BCUT2D eigenvalue weighted by Crippen LogP contribution is -2.25. The van der Waals surface area contributed by atoms with Crippen molar-refractivity contribution in [2.24, 2.45) is 0 Å². The van der Waals surface area contributed by atoms with E-state index in [1.54, 1.807) is 99.4 Å². The number of likely N-dealkylation sites (N-methyl/N-ethyl adjacent to an activating group) is 2. The first-order valence-corrected chi connectivity index (χ1v) is 13.0. The van der Waals surface area contributed by atoms with E-state index in [0.717, 1.165) is 0 Å². The summed E-state index contributed by atoms with van der Waals surface area (Å²) >= 11 is 0. The maximum atomic E-state index is 13.6. The van der Waals surface area contributed by atoms with Gasteiger partial charge >= 0.3 is 0 Å². The number of hydrogen-bond acceptors (Lipinski definition) is 8. The van der Waals surface area contributed by atoms with Gasteiger partial charge in [-0.15, -0.1) is 0 Å². The normalized spacial score (nSPS) is 15.2. The quantitative estimate of drug-likeness (QED) is 0.214. The lowest BCUT2D eigenvalue weighted by molar-refractivity contribution is -0.123. The first-order valence-electron chi connectivity index (χ1n) is 13.0. The number of nitrogens with zero attached hydrogens (tertiary/aromatic N) is 2. The summed E-state index contributed by atoms with van der Waals surface area (Å²) < 4.78 is 34.8. The van der Waals surface area contributed by atoms with Crippen molar-refractivity contribution in [1.29, 1.82) is 0 Å². The lowest BCUT2D eigenvalue weighted by Gasteiger charge is -2.17. The van der Waals surface area contributed by atoms with Gasteiger partial charge in [0.05, 0.1) is 23.7 Å². The molecule has 0 radical (unpaired) electrons. The van der Waals surface area contributed by atoms with Crippen molar-refractivity contribution in [1.82, 2.24) is 9.80 Å². The van der Waals surface area contributed by atoms with Gasteiger partial charge in [0.1, 0.15) is 11.4 Å². The molecule has 0 unspecified atom stereocenters. The van der Waals surface area contributed by atoms with Crippen LogP contribution in [0.1, 0.15) is 11.5 Å². The van der Waals surface area contributed by atoms with Crippen LogP contribution in [0.15, 0.2) is 123 Å². The molecule has 10 nitrogen and oxygen atoms in total. The number of fused-ring (bicyclic) bond motifs is 1. The average molecular weight is 561 g/mol. The van der Waals surface area contributed by atoms with Crippen LogP contribution in [0.2, 0.25) is 0 Å². The van der Waals surface area contributed by atoms with Crippen molar-refractivity contribution in [2.45, 2.75) is 0 Å². The second kappa shape index (κ2) is 8.80. The summed E-state index contributed by atoms with van der Waals surface area (Å²) in [6, 6.07) is 21.1. The number of furan rings is 6. The Kier molecular flexibility index (Phi) is 5.02. The monoisotopic (exact) mass is 560 g/mol. The Morgan fingerprint density at radius 2 is 0.738 bits per heavy atom. The van der Waals surface area contributed by atoms with Gasteiger partial charge in [-0.3, -0.25) is 9.59 Å². The average Bonchev–Trinajstić information content (AvgIpc) is 3.83. The number of hydrogen-bond donors (Lipinski definition) is 0. The highest BCUT2D eigenvalue weighted by Gasteiger charge is 2.48. The second-order valence-corrected chi connectivity index (χ2v) is 9.79. The third-order valence-corrected chi connectivity index (χ3v) is 7.34. The SMILES string of the molecule is CN1C(=O)C2=C(c3ccc(-c4ccc(-c5ccco5)o4)o3)N(C)C(=O)C2=C1c1ccc(-c2ccc(-c3ccco3)o2)o1. The van der Waals surface area contributed by atoms with Crippen molar-refractivity contribution >= 4 is 23.2 Å². The van der Waals surface area contributed by atoms with Gasteiger partial charge in [0, 0.05) is 14.1 Å². The van der Waals surface area contributed by atoms with Crippen LogP contribution in [-0.4, -0.2) is 35.7 Å². The fraction of sp³-hybridized carbons (Fsp3) is 0.0625. The number of carbonyl (C=O) groups excluding carboxylic acids is 2. The second-order valence-electron chi connectivity index (χ2n) is 9.79. The third kappa shape index (κ3) is 3.45. The molecule has 0 bridgehead atoms. The highest BCUT2D eigenvalue weighted by Crippen LogP contribution is 2.47. The van der Waals surface area contributed by atoms with Crippen LogP contribution >= 0.6 is 0 Å². The molecule has 2 amide bonds. The zero-order valence-corrected chi connectivity index (χ0v) is 22.2. The largest absolute Gasteiger partial charge is 0.461 e. The van der Waals surface area contributed by atoms with Crippen LogP contribution in [0.3, 0.4) is 0 Å². The van der Waals surface area contributed by atoms with Crippen LogP contribution in [-0.2, 0) is 9.59 Å². The van der Waals surface area contributed by atoms with E-state index in [2.05, 4.69) is 0 Å². The van der Waals surface area contributed by atoms with E-state index in [0.29, 0.717) is 69.0 Å². The van der Waals surface area contributed by atoms with E-state index in [1.807, 2.05) is 0 Å². The van der Waals surface area contributed by atoms with Crippen LogP contribution < -0.4 is 0 Å². The van der Waals surface area contributed by atoms with E-state index >= 15 is 0 Å². The molecule has 42 heavy (non-hydrogen) atoms. The fourth-order valence-corrected chi connectivity index (χ4v) is 5.34. The maximum Gasteiger partial charge on any atom is 0.261 e. The van der Waals surface area contributed by atoms with Crippen molar-refractivity contribution in [3.8, 4) is 46.1 Å². The smallest absolute Gasteiger partial charge is 0.261 e. The fourth-order valence-electron chi connectivity index (χ4n) is 5.34. The highest BCUT2D eigenvalue weighted by molar-refractivity contribution is 6.29. The van der Waals surface area contributed by atoms with E-state index in [-0.39, 0.29) is 23.0 Å². The van der Waals surface area contributed by atoms with Crippen molar-refractivity contribution in [3.63, 3.8) is 0 Å². The first kappa shape index (κ1) is 23.9. The van der Waals surface area contributed by atoms with E-state index in [1.165, 1.54) is 9.80 Å². The minimum Gasteiger partial charge on any atom is -0.461 e. The zero-order chi connectivity index (χ0) is 28.5. The van der Waals surface area contributed by atoms with Crippen LogP contribution in [0, 0.1) is 0 Å². The molecule has 0 saturated carbocycles. The Labute approximate surface area is 237 Å². The third-order valence-electron chi connectivity index (χ3n) is 7.34. The Morgan fingerprint density at radius 3 is 1.07 bits per heavy atom. The molecular weight excluding hydrogens is 540 g/mol. The topological polar surface area (TPSA) is 119 Å². The standard InChI is InChI=1S/C32H20N2O8/c1-33-29(25-13-11-23(41-25)21-9-7-19(39-21)17-5-3-15-37-17)27-28(31(33)35)30(34(2)32(27)36)26-14-12-24(42-26)22-10-8-20(40-22)18-6-4-16-38-18/h3-16H,1-2H3. The Balaban J connectivity index is 1.16. The predicted molar refractivity (Wildman–Crippen MR) is 148 cm³/mol. The highest BCUT2D eigenvalue weighted by atomic mass is 16.4. The first-order chi connectivity index (χ1) is 20.5. The van der Waals surface area contributed by atoms with Gasteiger partial charge < -0.3 is 36.3 Å². The van der Waals surface area contributed by atoms with Gasteiger partial charge in [-0.1, -0.05) is 0 Å². The molecule has 0 atom stereocenters. The van der Waals surface area contributed by atoms with Gasteiger partial charge in [0.2, 0.25) is 0 Å². The maximum absolute atomic E-state index is 13.6. The molecule has 2 aliphatic heterocycles. The summed E-state index contributed by atoms with van der Waals surface area (Å²) in [5, 5.41) is 0. The Bertz CT molecular complexity index is 1910. The van der Waals surface area contributed by atoms with Gasteiger partial charge in [0.25, 0.3) is 11.8 Å². The number of amides is 2. The molecule has 206 valence electrons. The molecule has 0 saturated heterocycles. The van der Waals surface area contributed by atoms with E-state index < -0.39 is 0 Å². The molecule has 10 heteroatoms. The minimum absolute atomic E-state index is 0.243. The van der Waals surface area contributed by atoms with E-state index in [9.17, 15) is 9.59 Å². The van der Waals surface area contributed by atoms with E-state index in [4.69, 9.17) is 26.5 Å².